The van der Waals surface area contributed by atoms with E-state index in [4.69, 9.17) is 19.3 Å². The average Bonchev–Trinajstić information content (AvgIpc) is 2.16. The molecule has 0 unspecified atom stereocenters. The lowest BCUT2D eigenvalue weighted by atomic mass is 10.1. The minimum atomic E-state index is -0.342. The first kappa shape index (κ1) is 11.9. The van der Waals surface area contributed by atoms with Gasteiger partial charge >= 0.3 is 0 Å². The normalized spacial score (nSPS) is 33.6. The molecule has 4 heteroatoms. The van der Waals surface area contributed by atoms with Gasteiger partial charge in [-0.05, 0) is 26.7 Å². The Morgan fingerprint density at radius 3 is 2.64 bits per heavy atom. The molecule has 1 N–H and O–H groups in total. The third-order valence-electron chi connectivity index (χ3n) is 2.32. The summed E-state index contributed by atoms with van der Waals surface area (Å²) in [6, 6.07) is 0. The summed E-state index contributed by atoms with van der Waals surface area (Å²) >= 11 is 0. The van der Waals surface area contributed by atoms with Gasteiger partial charge in [0, 0.05) is 7.11 Å². The smallest absolute Gasteiger partial charge is 0.184 e. The van der Waals surface area contributed by atoms with Crippen molar-refractivity contribution >= 4 is 0 Å². The van der Waals surface area contributed by atoms with E-state index in [0.29, 0.717) is 0 Å². The maximum atomic E-state index is 8.98. The fourth-order valence-corrected chi connectivity index (χ4v) is 1.58. The van der Waals surface area contributed by atoms with Crippen LogP contribution in [-0.4, -0.2) is 43.4 Å². The molecule has 1 heterocycles. The number of hydrogen-bond donors (Lipinski definition) is 1. The molecular formula is C10H20O4. The zero-order valence-corrected chi connectivity index (χ0v) is 9.10. The summed E-state index contributed by atoms with van der Waals surface area (Å²) in [6.45, 7) is 3.96. The van der Waals surface area contributed by atoms with E-state index in [2.05, 4.69) is 0 Å². The largest absolute Gasteiger partial charge is 0.394 e. The topological polar surface area (TPSA) is 47.9 Å². The first-order valence-electron chi connectivity index (χ1n) is 5.12. The van der Waals surface area contributed by atoms with Crippen molar-refractivity contribution in [1.82, 2.24) is 0 Å². The highest BCUT2D eigenvalue weighted by Gasteiger charge is 2.32. The van der Waals surface area contributed by atoms with Gasteiger partial charge < -0.3 is 19.3 Å². The summed E-state index contributed by atoms with van der Waals surface area (Å²) in [5.41, 5.74) is 0. The van der Waals surface area contributed by atoms with Gasteiger partial charge in [0.2, 0.25) is 0 Å². The van der Waals surface area contributed by atoms with Crippen molar-refractivity contribution < 1.29 is 19.3 Å². The van der Waals surface area contributed by atoms with Crippen LogP contribution in [0.1, 0.15) is 26.7 Å². The van der Waals surface area contributed by atoms with Crippen molar-refractivity contribution in [3.8, 4) is 0 Å². The van der Waals surface area contributed by atoms with E-state index in [0.717, 1.165) is 12.8 Å². The summed E-state index contributed by atoms with van der Waals surface area (Å²) in [5.74, 6) is 0. The molecule has 1 rings (SSSR count). The standard InChI is InChI=1S/C10H20O4/c1-7(2)13-10-9(12-3)5-4-8(6-11)14-10/h7-11H,4-6H2,1-3H3/t8-,9+,10-/m0/s1. The van der Waals surface area contributed by atoms with Gasteiger partial charge in [0.15, 0.2) is 6.29 Å². The van der Waals surface area contributed by atoms with Gasteiger partial charge in [-0.1, -0.05) is 0 Å². The summed E-state index contributed by atoms with van der Waals surface area (Å²) < 4.78 is 16.4. The Labute approximate surface area is 85.2 Å². The van der Waals surface area contributed by atoms with Crippen molar-refractivity contribution in [3.05, 3.63) is 0 Å². The average molecular weight is 204 g/mol. The van der Waals surface area contributed by atoms with Gasteiger partial charge in [-0.25, -0.2) is 0 Å². The monoisotopic (exact) mass is 204 g/mol. The molecule has 0 aliphatic carbocycles. The number of ether oxygens (including phenoxy) is 3. The van der Waals surface area contributed by atoms with E-state index in [-0.39, 0.29) is 31.2 Å². The molecule has 0 saturated carbocycles. The first-order chi connectivity index (χ1) is 6.67. The lowest BCUT2D eigenvalue weighted by Gasteiger charge is -2.35. The third-order valence-corrected chi connectivity index (χ3v) is 2.32. The van der Waals surface area contributed by atoms with Crippen LogP contribution in [0.5, 0.6) is 0 Å². The van der Waals surface area contributed by atoms with E-state index in [9.17, 15) is 0 Å². The van der Waals surface area contributed by atoms with Crippen LogP contribution in [0.25, 0.3) is 0 Å². The molecule has 0 aromatic carbocycles. The molecule has 0 spiro atoms. The van der Waals surface area contributed by atoms with Crippen molar-refractivity contribution in [2.45, 2.75) is 51.3 Å². The van der Waals surface area contributed by atoms with E-state index in [1.165, 1.54) is 0 Å². The molecule has 0 radical (unpaired) electrons. The maximum Gasteiger partial charge on any atom is 0.184 e. The first-order valence-corrected chi connectivity index (χ1v) is 5.12. The number of aliphatic hydroxyl groups is 1. The molecule has 1 aliphatic heterocycles. The molecule has 4 nitrogen and oxygen atoms in total. The fraction of sp³-hybridized carbons (Fsp3) is 1.00. The van der Waals surface area contributed by atoms with Crippen LogP contribution in [0.4, 0.5) is 0 Å². The summed E-state index contributed by atoms with van der Waals surface area (Å²) in [7, 11) is 1.66. The highest BCUT2D eigenvalue weighted by Crippen LogP contribution is 2.23. The summed E-state index contributed by atoms with van der Waals surface area (Å²) in [4.78, 5) is 0. The van der Waals surface area contributed by atoms with Gasteiger partial charge in [0.25, 0.3) is 0 Å². The van der Waals surface area contributed by atoms with Gasteiger partial charge in [-0.15, -0.1) is 0 Å². The van der Waals surface area contributed by atoms with Gasteiger partial charge in [-0.3, -0.25) is 0 Å². The number of aliphatic hydroxyl groups excluding tert-OH is 1. The van der Waals surface area contributed by atoms with Crippen LogP contribution >= 0.6 is 0 Å². The zero-order valence-electron chi connectivity index (χ0n) is 9.10. The van der Waals surface area contributed by atoms with Crippen LogP contribution in [-0.2, 0) is 14.2 Å². The van der Waals surface area contributed by atoms with E-state index in [1.54, 1.807) is 7.11 Å². The molecule has 1 aliphatic rings. The van der Waals surface area contributed by atoms with Crippen LogP contribution < -0.4 is 0 Å². The Bertz CT molecular complexity index is 160. The van der Waals surface area contributed by atoms with Crippen molar-refractivity contribution in [1.29, 1.82) is 0 Å². The zero-order chi connectivity index (χ0) is 10.6. The van der Waals surface area contributed by atoms with E-state index in [1.807, 2.05) is 13.8 Å². The second-order valence-corrected chi connectivity index (χ2v) is 3.85. The number of rotatable bonds is 4. The second kappa shape index (κ2) is 5.66. The van der Waals surface area contributed by atoms with Gasteiger partial charge in [0.1, 0.15) is 6.10 Å². The molecule has 0 bridgehead atoms. The van der Waals surface area contributed by atoms with Crippen LogP contribution in [0.15, 0.2) is 0 Å². The Balaban J connectivity index is 2.47. The van der Waals surface area contributed by atoms with E-state index >= 15 is 0 Å². The van der Waals surface area contributed by atoms with Crippen molar-refractivity contribution in [2.75, 3.05) is 13.7 Å². The lowest BCUT2D eigenvalue weighted by Crippen LogP contribution is -2.43. The molecule has 1 saturated heterocycles. The SMILES string of the molecule is CO[C@@H]1CC[C@@H](CO)O[C@@H]1OC(C)C. The highest BCUT2D eigenvalue weighted by atomic mass is 16.7. The minimum Gasteiger partial charge on any atom is -0.394 e. The molecule has 3 atom stereocenters. The predicted molar refractivity (Wildman–Crippen MR) is 52.0 cm³/mol. The third kappa shape index (κ3) is 3.20. The molecule has 1 fully saturated rings. The maximum absolute atomic E-state index is 8.98. The predicted octanol–water partition coefficient (Wildman–Crippen LogP) is 0.924. The van der Waals surface area contributed by atoms with E-state index < -0.39 is 0 Å². The molecule has 0 aromatic rings. The Morgan fingerprint density at radius 1 is 1.43 bits per heavy atom. The molecule has 84 valence electrons. The second-order valence-electron chi connectivity index (χ2n) is 3.85. The van der Waals surface area contributed by atoms with Gasteiger partial charge in [-0.2, -0.15) is 0 Å². The molecule has 0 aromatic heterocycles. The Morgan fingerprint density at radius 2 is 2.14 bits per heavy atom. The van der Waals surface area contributed by atoms with Gasteiger partial charge in [0.05, 0.1) is 18.8 Å². The molecule has 14 heavy (non-hydrogen) atoms. The summed E-state index contributed by atoms with van der Waals surface area (Å²) in [5, 5.41) is 8.98. The summed E-state index contributed by atoms with van der Waals surface area (Å²) in [6.07, 6.45) is 1.35. The Kier molecular flexibility index (Phi) is 4.81. The van der Waals surface area contributed by atoms with Crippen LogP contribution in [0, 0.1) is 0 Å². The van der Waals surface area contributed by atoms with Crippen LogP contribution in [0.2, 0.25) is 0 Å². The van der Waals surface area contributed by atoms with Crippen LogP contribution in [0.3, 0.4) is 0 Å². The fourth-order valence-electron chi connectivity index (χ4n) is 1.58. The molecular weight excluding hydrogens is 184 g/mol. The highest BCUT2D eigenvalue weighted by molar-refractivity contribution is 4.74. The lowest BCUT2D eigenvalue weighted by molar-refractivity contribution is -0.261. The Hall–Kier alpha value is -0.160. The number of hydrogen-bond acceptors (Lipinski definition) is 4. The quantitative estimate of drug-likeness (QED) is 0.740. The number of methoxy groups -OCH3 is 1. The molecule has 0 amide bonds. The van der Waals surface area contributed by atoms with Crippen molar-refractivity contribution in [2.24, 2.45) is 0 Å². The van der Waals surface area contributed by atoms with Crippen molar-refractivity contribution in [3.63, 3.8) is 0 Å². The minimum absolute atomic E-state index is 0.0137.